The topological polar surface area (TPSA) is 51.7 Å². The van der Waals surface area contributed by atoms with Crippen molar-refractivity contribution in [3.8, 4) is 5.75 Å². The summed E-state index contributed by atoms with van der Waals surface area (Å²) in [7, 11) is 1.61. The number of pyridine rings is 1. The Kier molecular flexibility index (Phi) is 3.73. The molecule has 1 aromatic heterocycles. The molecule has 0 saturated carbocycles. The standard InChI is InChI=1S/C16H16N2O3/c1-20-14-7-8-17-13(9-14)10-18-15(11-21-16(18)19)12-5-3-2-4-6-12/h2-9,15H,10-11H2,1H3/t15-/m1/s1. The zero-order chi connectivity index (χ0) is 14.7. The predicted octanol–water partition coefficient (Wildman–Crippen LogP) is 2.78. The highest BCUT2D eigenvalue weighted by Crippen LogP contribution is 2.29. The number of rotatable bonds is 4. The second-order valence-corrected chi connectivity index (χ2v) is 4.82. The molecule has 1 aromatic carbocycles. The number of benzene rings is 1. The summed E-state index contributed by atoms with van der Waals surface area (Å²) in [6, 6.07) is 13.4. The van der Waals surface area contributed by atoms with Crippen molar-refractivity contribution in [2.24, 2.45) is 0 Å². The minimum absolute atomic E-state index is 0.0771. The van der Waals surface area contributed by atoms with Gasteiger partial charge in [0.1, 0.15) is 12.4 Å². The van der Waals surface area contributed by atoms with E-state index in [1.807, 2.05) is 36.4 Å². The van der Waals surface area contributed by atoms with Crippen molar-refractivity contribution in [1.29, 1.82) is 0 Å². The van der Waals surface area contributed by atoms with Crippen molar-refractivity contribution >= 4 is 6.09 Å². The summed E-state index contributed by atoms with van der Waals surface area (Å²) in [5.74, 6) is 0.726. The summed E-state index contributed by atoms with van der Waals surface area (Å²) in [6.45, 7) is 0.766. The number of amides is 1. The number of carbonyl (C=O) groups excluding carboxylic acids is 1. The molecule has 21 heavy (non-hydrogen) atoms. The van der Waals surface area contributed by atoms with Crippen molar-refractivity contribution in [3.63, 3.8) is 0 Å². The van der Waals surface area contributed by atoms with Crippen molar-refractivity contribution in [2.75, 3.05) is 13.7 Å². The molecular weight excluding hydrogens is 268 g/mol. The molecule has 2 heterocycles. The average molecular weight is 284 g/mol. The second kappa shape index (κ2) is 5.83. The lowest BCUT2D eigenvalue weighted by molar-refractivity contribution is 0.155. The van der Waals surface area contributed by atoms with Gasteiger partial charge >= 0.3 is 6.09 Å². The van der Waals surface area contributed by atoms with Crippen LogP contribution in [-0.2, 0) is 11.3 Å². The SMILES string of the molecule is COc1ccnc(CN2C(=O)OC[C@@H]2c2ccccc2)c1. The maximum Gasteiger partial charge on any atom is 0.410 e. The summed E-state index contributed by atoms with van der Waals surface area (Å²) in [5, 5.41) is 0. The first-order valence-corrected chi connectivity index (χ1v) is 6.75. The van der Waals surface area contributed by atoms with E-state index in [1.165, 1.54) is 0 Å². The molecule has 0 radical (unpaired) electrons. The van der Waals surface area contributed by atoms with Crippen LogP contribution >= 0.6 is 0 Å². The van der Waals surface area contributed by atoms with Crippen molar-refractivity contribution in [1.82, 2.24) is 9.88 Å². The van der Waals surface area contributed by atoms with E-state index < -0.39 is 0 Å². The number of methoxy groups -OCH3 is 1. The highest BCUT2D eigenvalue weighted by Gasteiger charge is 2.34. The summed E-state index contributed by atoms with van der Waals surface area (Å²) >= 11 is 0. The van der Waals surface area contributed by atoms with Gasteiger partial charge < -0.3 is 9.47 Å². The van der Waals surface area contributed by atoms with Crippen molar-refractivity contribution in [2.45, 2.75) is 12.6 Å². The highest BCUT2D eigenvalue weighted by atomic mass is 16.6. The van der Waals surface area contributed by atoms with Gasteiger partial charge in [-0.15, -0.1) is 0 Å². The fourth-order valence-electron chi connectivity index (χ4n) is 2.42. The van der Waals surface area contributed by atoms with Crippen LogP contribution < -0.4 is 4.74 Å². The summed E-state index contributed by atoms with van der Waals surface area (Å²) in [6.07, 6.45) is 1.36. The Morgan fingerprint density at radius 2 is 2.14 bits per heavy atom. The molecule has 0 N–H and O–H groups in total. The van der Waals surface area contributed by atoms with Gasteiger partial charge in [-0.25, -0.2) is 4.79 Å². The van der Waals surface area contributed by atoms with Crippen LogP contribution in [0.25, 0.3) is 0 Å². The Labute approximate surface area is 123 Å². The smallest absolute Gasteiger partial charge is 0.410 e. The van der Waals surface area contributed by atoms with Crippen LogP contribution in [0.3, 0.4) is 0 Å². The van der Waals surface area contributed by atoms with Crippen molar-refractivity contribution < 1.29 is 14.3 Å². The van der Waals surface area contributed by atoms with Crippen LogP contribution in [0.5, 0.6) is 5.75 Å². The molecule has 1 aliphatic rings. The monoisotopic (exact) mass is 284 g/mol. The van der Waals surface area contributed by atoms with Gasteiger partial charge in [0.2, 0.25) is 0 Å². The molecule has 1 amide bonds. The molecule has 108 valence electrons. The lowest BCUT2D eigenvalue weighted by Gasteiger charge is -2.21. The Balaban J connectivity index is 1.83. The zero-order valence-electron chi connectivity index (χ0n) is 11.7. The average Bonchev–Trinajstić information content (AvgIpc) is 2.89. The Morgan fingerprint density at radius 1 is 1.33 bits per heavy atom. The van der Waals surface area contributed by atoms with Crippen molar-refractivity contribution in [3.05, 3.63) is 59.9 Å². The lowest BCUT2D eigenvalue weighted by Crippen LogP contribution is -2.27. The molecule has 1 fully saturated rings. The van der Waals surface area contributed by atoms with Crippen LogP contribution in [0.4, 0.5) is 4.79 Å². The second-order valence-electron chi connectivity index (χ2n) is 4.82. The normalized spacial score (nSPS) is 17.7. The van der Waals surface area contributed by atoms with Gasteiger partial charge in [0.25, 0.3) is 0 Å². The van der Waals surface area contributed by atoms with E-state index in [9.17, 15) is 4.79 Å². The highest BCUT2D eigenvalue weighted by molar-refractivity contribution is 5.70. The fourth-order valence-corrected chi connectivity index (χ4v) is 2.42. The van der Waals surface area contributed by atoms with Crippen LogP contribution in [-0.4, -0.2) is 29.7 Å². The van der Waals surface area contributed by atoms with Crippen LogP contribution in [0.15, 0.2) is 48.7 Å². The van der Waals surface area contributed by atoms with E-state index in [4.69, 9.17) is 9.47 Å². The van der Waals surface area contributed by atoms with Gasteiger partial charge in [-0.05, 0) is 11.6 Å². The van der Waals surface area contributed by atoms with E-state index in [1.54, 1.807) is 24.3 Å². The zero-order valence-corrected chi connectivity index (χ0v) is 11.7. The maximum absolute atomic E-state index is 12.0. The molecule has 5 heteroatoms. The van der Waals surface area contributed by atoms with E-state index in [0.29, 0.717) is 13.2 Å². The molecule has 1 atom stereocenters. The third-order valence-electron chi connectivity index (χ3n) is 3.52. The van der Waals surface area contributed by atoms with E-state index >= 15 is 0 Å². The number of aromatic nitrogens is 1. The van der Waals surface area contributed by atoms with Gasteiger partial charge in [-0.2, -0.15) is 0 Å². The van der Waals surface area contributed by atoms with E-state index in [-0.39, 0.29) is 12.1 Å². The molecule has 5 nitrogen and oxygen atoms in total. The number of nitrogens with zero attached hydrogens (tertiary/aromatic N) is 2. The molecule has 3 rings (SSSR count). The Morgan fingerprint density at radius 3 is 2.90 bits per heavy atom. The number of hydrogen-bond donors (Lipinski definition) is 0. The van der Waals surface area contributed by atoms with E-state index in [0.717, 1.165) is 17.0 Å². The third kappa shape index (κ3) is 2.81. The summed E-state index contributed by atoms with van der Waals surface area (Å²) in [4.78, 5) is 17.9. The van der Waals surface area contributed by atoms with Crippen LogP contribution in [0, 0.1) is 0 Å². The Hall–Kier alpha value is -2.56. The van der Waals surface area contributed by atoms with E-state index in [2.05, 4.69) is 4.98 Å². The summed E-state index contributed by atoms with van der Waals surface area (Å²) in [5.41, 5.74) is 1.83. The van der Waals surface area contributed by atoms with Crippen LogP contribution in [0.1, 0.15) is 17.3 Å². The number of ether oxygens (including phenoxy) is 2. The molecule has 0 aliphatic carbocycles. The number of hydrogen-bond acceptors (Lipinski definition) is 4. The van der Waals surface area contributed by atoms with Gasteiger partial charge in [-0.3, -0.25) is 9.88 Å². The quantitative estimate of drug-likeness (QED) is 0.866. The molecule has 1 aliphatic heterocycles. The fraction of sp³-hybridized carbons (Fsp3) is 0.250. The molecule has 2 aromatic rings. The first-order valence-electron chi connectivity index (χ1n) is 6.75. The van der Waals surface area contributed by atoms with Gasteiger partial charge in [0.15, 0.2) is 0 Å². The number of cyclic esters (lactones) is 1. The van der Waals surface area contributed by atoms with Crippen LogP contribution in [0.2, 0.25) is 0 Å². The minimum Gasteiger partial charge on any atom is -0.497 e. The minimum atomic E-state index is -0.312. The van der Waals surface area contributed by atoms with Gasteiger partial charge in [-0.1, -0.05) is 30.3 Å². The third-order valence-corrected chi connectivity index (χ3v) is 3.52. The largest absolute Gasteiger partial charge is 0.497 e. The predicted molar refractivity (Wildman–Crippen MR) is 76.9 cm³/mol. The molecule has 0 unspecified atom stereocenters. The lowest BCUT2D eigenvalue weighted by atomic mass is 10.1. The maximum atomic E-state index is 12.0. The van der Waals surface area contributed by atoms with Gasteiger partial charge in [0, 0.05) is 12.3 Å². The molecule has 0 spiro atoms. The molecule has 1 saturated heterocycles. The number of carbonyl (C=O) groups is 1. The summed E-state index contributed by atoms with van der Waals surface area (Å²) < 4.78 is 10.4. The first kappa shape index (κ1) is 13.4. The van der Waals surface area contributed by atoms with Gasteiger partial charge in [0.05, 0.1) is 25.4 Å². The molecular formula is C16H16N2O3. The Bertz CT molecular complexity index is 630. The first-order chi connectivity index (χ1) is 10.3. The molecule has 0 bridgehead atoms.